The third-order valence-corrected chi connectivity index (χ3v) is 3.10. The highest BCUT2D eigenvalue weighted by Gasteiger charge is 2.17. The number of terminal acetylenes is 1. The van der Waals surface area contributed by atoms with Gasteiger partial charge in [0.05, 0.1) is 0 Å². The van der Waals surface area contributed by atoms with Crippen LogP contribution in [0.2, 0.25) is 0 Å². The Hall–Kier alpha value is -2.93. The summed E-state index contributed by atoms with van der Waals surface area (Å²) in [7, 11) is 0. The molecule has 0 saturated carbocycles. The second kappa shape index (κ2) is 7.75. The van der Waals surface area contributed by atoms with Crippen LogP contribution in [0.1, 0.15) is 5.56 Å². The number of carbonyl (C=O) groups is 1. The fraction of sp³-hybridized carbons (Fsp3) is 0.167. The second-order valence-electron chi connectivity index (χ2n) is 4.74. The van der Waals surface area contributed by atoms with Gasteiger partial charge >= 0.3 is 5.97 Å². The van der Waals surface area contributed by atoms with Crippen molar-refractivity contribution in [3.63, 3.8) is 0 Å². The maximum atomic E-state index is 11.4. The summed E-state index contributed by atoms with van der Waals surface area (Å²) in [6.45, 7) is 0.207. The molecular formula is C18H17NO3. The zero-order valence-electron chi connectivity index (χ0n) is 12.0. The highest BCUT2D eigenvalue weighted by Crippen LogP contribution is 2.17. The average Bonchev–Trinajstić information content (AvgIpc) is 2.54. The molecule has 0 aliphatic heterocycles. The number of nitrogens with one attached hydrogen (secondary N) is 1. The molecule has 0 aromatic heterocycles. The monoisotopic (exact) mass is 295 g/mol. The number of carboxylic acids is 1. The molecule has 0 saturated heterocycles. The van der Waals surface area contributed by atoms with Crippen LogP contribution in [0, 0.1) is 12.3 Å². The van der Waals surface area contributed by atoms with Gasteiger partial charge in [0, 0.05) is 12.1 Å². The van der Waals surface area contributed by atoms with E-state index >= 15 is 0 Å². The Morgan fingerprint density at radius 1 is 1.18 bits per heavy atom. The number of rotatable bonds is 7. The molecule has 112 valence electrons. The minimum absolute atomic E-state index is 0.207. The van der Waals surface area contributed by atoms with E-state index in [1.807, 2.05) is 30.3 Å². The first-order chi connectivity index (χ1) is 10.7. The Morgan fingerprint density at radius 3 is 2.45 bits per heavy atom. The molecule has 4 nitrogen and oxygen atoms in total. The van der Waals surface area contributed by atoms with Crippen molar-refractivity contribution in [1.29, 1.82) is 0 Å². The van der Waals surface area contributed by atoms with E-state index in [1.165, 1.54) is 0 Å². The zero-order chi connectivity index (χ0) is 15.8. The van der Waals surface area contributed by atoms with E-state index < -0.39 is 12.0 Å². The van der Waals surface area contributed by atoms with Gasteiger partial charge in [-0.05, 0) is 29.8 Å². The smallest absolute Gasteiger partial charge is 0.326 e. The molecule has 0 aliphatic rings. The summed E-state index contributed by atoms with van der Waals surface area (Å²) in [5.74, 6) is 2.15. The third kappa shape index (κ3) is 4.57. The van der Waals surface area contributed by atoms with E-state index in [9.17, 15) is 9.90 Å². The quantitative estimate of drug-likeness (QED) is 0.771. The summed E-state index contributed by atoms with van der Waals surface area (Å²) in [4.78, 5) is 11.4. The average molecular weight is 295 g/mol. The molecule has 4 heteroatoms. The molecule has 0 radical (unpaired) electrons. The van der Waals surface area contributed by atoms with E-state index in [0.29, 0.717) is 12.2 Å². The third-order valence-electron chi connectivity index (χ3n) is 3.10. The van der Waals surface area contributed by atoms with Crippen LogP contribution in [-0.4, -0.2) is 23.7 Å². The van der Waals surface area contributed by atoms with Crippen LogP contribution in [0.5, 0.6) is 5.75 Å². The summed E-state index contributed by atoms with van der Waals surface area (Å²) in [6.07, 6.45) is 5.53. The Balaban J connectivity index is 2.02. The van der Waals surface area contributed by atoms with Crippen molar-refractivity contribution in [2.75, 3.05) is 11.9 Å². The van der Waals surface area contributed by atoms with Crippen molar-refractivity contribution in [3.05, 3.63) is 60.2 Å². The fourth-order valence-corrected chi connectivity index (χ4v) is 2.02. The number of hydrogen-bond donors (Lipinski definition) is 2. The van der Waals surface area contributed by atoms with Crippen LogP contribution in [0.4, 0.5) is 5.69 Å². The summed E-state index contributed by atoms with van der Waals surface area (Å²) in [6, 6.07) is 15.9. The molecule has 2 aromatic rings. The van der Waals surface area contributed by atoms with Crippen molar-refractivity contribution in [2.24, 2.45) is 0 Å². The Bertz CT molecular complexity index is 644. The van der Waals surface area contributed by atoms with Crippen molar-refractivity contribution >= 4 is 11.7 Å². The zero-order valence-corrected chi connectivity index (χ0v) is 12.0. The maximum Gasteiger partial charge on any atom is 0.326 e. The van der Waals surface area contributed by atoms with Gasteiger partial charge in [-0.1, -0.05) is 36.3 Å². The van der Waals surface area contributed by atoms with Crippen molar-refractivity contribution in [2.45, 2.75) is 12.5 Å². The molecule has 1 atom stereocenters. The topological polar surface area (TPSA) is 58.6 Å². The van der Waals surface area contributed by atoms with Gasteiger partial charge in [0.2, 0.25) is 0 Å². The predicted molar refractivity (Wildman–Crippen MR) is 86.0 cm³/mol. The van der Waals surface area contributed by atoms with Gasteiger partial charge in [0.1, 0.15) is 18.4 Å². The summed E-state index contributed by atoms with van der Waals surface area (Å²) in [5.41, 5.74) is 1.69. The minimum Gasteiger partial charge on any atom is -0.481 e. The van der Waals surface area contributed by atoms with Gasteiger partial charge in [-0.3, -0.25) is 0 Å². The molecule has 0 spiro atoms. The normalized spacial score (nSPS) is 11.2. The molecule has 0 amide bonds. The molecule has 0 fully saturated rings. The predicted octanol–water partition coefficient (Wildman–Crippen LogP) is 2.81. The lowest BCUT2D eigenvalue weighted by Crippen LogP contribution is -2.31. The van der Waals surface area contributed by atoms with Gasteiger partial charge in [-0.2, -0.15) is 0 Å². The van der Waals surface area contributed by atoms with Crippen LogP contribution in [0.3, 0.4) is 0 Å². The molecule has 2 rings (SSSR count). The number of hydrogen-bond acceptors (Lipinski definition) is 3. The lowest BCUT2D eigenvalue weighted by molar-refractivity contribution is -0.137. The number of carboxylic acid groups (broad SMARTS) is 1. The Kier molecular flexibility index (Phi) is 5.44. The molecule has 0 heterocycles. The molecule has 22 heavy (non-hydrogen) atoms. The van der Waals surface area contributed by atoms with E-state index in [0.717, 1.165) is 11.3 Å². The van der Waals surface area contributed by atoms with E-state index in [1.54, 1.807) is 24.3 Å². The first-order valence-electron chi connectivity index (χ1n) is 6.88. The molecular weight excluding hydrogens is 278 g/mol. The minimum atomic E-state index is -0.892. The summed E-state index contributed by atoms with van der Waals surface area (Å²) in [5, 5.41) is 12.4. The molecule has 2 N–H and O–H groups in total. The van der Waals surface area contributed by atoms with Crippen molar-refractivity contribution < 1.29 is 14.6 Å². The van der Waals surface area contributed by atoms with Gasteiger partial charge in [0.25, 0.3) is 0 Å². The van der Waals surface area contributed by atoms with E-state index in [-0.39, 0.29) is 6.61 Å². The van der Waals surface area contributed by atoms with Crippen LogP contribution in [0.25, 0.3) is 0 Å². The first kappa shape index (κ1) is 15.5. The Morgan fingerprint density at radius 2 is 1.86 bits per heavy atom. The lowest BCUT2D eigenvalue weighted by atomic mass is 10.1. The first-order valence-corrected chi connectivity index (χ1v) is 6.88. The number of benzene rings is 2. The summed E-state index contributed by atoms with van der Waals surface area (Å²) < 4.78 is 5.28. The number of aliphatic carboxylic acids is 1. The van der Waals surface area contributed by atoms with Crippen molar-refractivity contribution in [3.8, 4) is 18.1 Å². The highest BCUT2D eigenvalue weighted by molar-refractivity contribution is 5.77. The van der Waals surface area contributed by atoms with E-state index in [4.69, 9.17) is 11.2 Å². The SMILES string of the molecule is C#CCOc1ccc(N[C@@H](Cc2ccccc2)C(=O)O)cc1. The van der Waals surface area contributed by atoms with E-state index in [2.05, 4.69) is 11.2 Å². The standard InChI is InChI=1S/C18H17NO3/c1-2-12-22-16-10-8-15(9-11-16)19-17(18(20)21)13-14-6-4-3-5-7-14/h1,3-11,17,19H,12-13H2,(H,20,21)/t17-/m0/s1. The molecule has 0 aliphatic carbocycles. The number of anilines is 1. The lowest BCUT2D eigenvalue weighted by Gasteiger charge is -2.16. The fourth-order valence-electron chi connectivity index (χ4n) is 2.02. The maximum absolute atomic E-state index is 11.4. The van der Waals surface area contributed by atoms with Crippen LogP contribution < -0.4 is 10.1 Å². The van der Waals surface area contributed by atoms with Gasteiger partial charge in [-0.25, -0.2) is 4.79 Å². The van der Waals surface area contributed by atoms with Gasteiger partial charge < -0.3 is 15.2 Å². The van der Waals surface area contributed by atoms with Gasteiger partial charge in [0.15, 0.2) is 0 Å². The second-order valence-corrected chi connectivity index (χ2v) is 4.74. The molecule has 2 aromatic carbocycles. The van der Waals surface area contributed by atoms with Crippen LogP contribution in [0.15, 0.2) is 54.6 Å². The Labute approximate surface area is 129 Å². The van der Waals surface area contributed by atoms with Gasteiger partial charge in [-0.15, -0.1) is 6.42 Å². The number of ether oxygens (including phenoxy) is 1. The molecule has 0 unspecified atom stereocenters. The highest BCUT2D eigenvalue weighted by atomic mass is 16.5. The summed E-state index contributed by atoms with van der Waals surface area (Å²) >= 11 is 0. The van der Waals surface area contributed by atoms with Crippen LogP contribution in [-0.2, 0) is 11.2 Å². The largest absolute Gasteiger partial charge is 0.481 e. The molecule has 0 bridgehead atoms. The van der Waals surface area contributed by atoms with Crippen LogP contribution >= 0.6 is 0 Å². The van der Waals surface area contributed by atoms with Crippen molar-refractivity contribution in [1.82, 2.24) is 0 Å².